The molecule has 2 amide bonds. The number of fused-ring (bicyclic) bond motifs is 1. The number of thiazole rings is 1. The smallest absolute Gasteiger partial charge is 0.243 e. The SMILES string of the molecule is CC(=O)Nc1ccc(S(=O)(=O)N(C)CC(=O)Nc2nc(-c3ccc4c(c3)CCCC4)cs2)cc1. The molecule has 178 valence electrons. The van der Waals surface area contributed by atoms with E-state index >= 15 is 0 Å². The van der Waals surface area contributed by atoms with Gasteiger partial charge in [-0.05, 0) is 67.1 Å². The highest BCUT2D eigenvalue weighted by Gasteiger charge is 2.23. The number of sulfonamides is 1. The number of hydrogen-bond donors (Lipinski definition) is 2. The number of anilines is 2. The van der Waals surface area contributed by atoms with E-state index in [2.05, 4.69) is 33.8 Å². The molecule has 1 aromatic heterocycles. The number of nitrogens with zero attached hydrogens (tertiary/aromatic N) is 2. The zero-order valence-corrected chi connectivity index (χ0v) is 20.6. The third-order valence-corrected chi connectivity index (χ3v) is 8.22. The zero-order chi connectivity index (χ0) is 24.3. The topological polar surface area (TPSA) is 108 Å². The van der Waals surface area contributed by atoms with Crippen LogP contribution in [0.4, 0.5) is 10.8 Å². The molecule has 1 aliphatic rings. The summed E-state index contributed by atoms with van der Waals surface area (Å²) in [4.78, 5) is 28.2. The maximum Gasteiger partial charge on any atom is 0.243 e. The number of benzene rings is 2. The van der Waals surface area contributed by atoms with Crippen LogP contribution in [0.2, 0.25) is 0 Å². The molecular weight excluding hydrogens is 472 g/mol. The number of rotatable bonds is 7. The molecule has 2 N–H and O–H groups in total. The molecule has 34 heavy (non-hydrogen) atoms. The average molecular weight is 499 g/mol. The van der Waals surface area contributed by atoms with Crippen LogP contribution in [0.15, 0.2) is 52.7 Å². The molecule has 0 unspecified atom stereocenters. The summed E-state index contributed by atoms with van der Waals surface area (Å²) in [5.41, 5.74) is 5.05. The lowest BCUT2D eigenvalue weighted by molar-refractivity contribution is -0.116. The molecule has 0 spiro atoms. The Kier molecular flexibility index (Phi) is 7.11. The Labute approximate surface area is 203 Å². The summed E-state index contributed by atoms with van der Waals surface area (Å²) in [6.45, 7) is 1.01. The van der Waals surface area contributed by atoms with Gasteiger partial charge in [0, 0.05) is 30.6 Å². The fourth-order valence-electron chi connectivity index (χ4n) is 3.90. The van der Waals surface area contributed by atoms with Gasteiger partial charge in [0.15, 0.2) is 5.13 Å². The Hall–Kier alpha value is -3.08. The number of nitrogens with one attached hydrogen (secondary N) is 2. The molecule has 0 fully saturated rings. The van der Waals surface area contributed by atoms with Crippen molar-refractivity contribution in [1.29, 1.82) is 0 Å². The quantitative estimate of drug-likeness (QED) is 0.514. The van der Waals surface area contributed by atoms with E-state index in [4.69, 9.17) is 0 Å². The molecular formula is C24H26N4O4S2. The second-order valence-electron chi connectivity index (χ2n) is 8.24. The Morgan fingerprint density at radius 3 is 2.44 bits per heavy atom. The van der Waals surface area contributed by atoms with Crippen molar-refractivity contribution in [3.63, 3.8) is 0 Å². The predicted molar refractivity (Wildman–Crippen MR) is 133 cm³/mol. The fourth-order valence-corrected chi connectivity index (χ4v) is 5.76. The molecule has 10 heteroatoms. The number of amides is 2. The first kappa shape index (κ1) is 24.1. The van der Waals surface area contributed by atoms with Gasteiger partial charge in [-0.15, -0.1) is 11.3 Å². The van der Waals surface area contributed by atoms with Gasteiger partial charge in [0.05, 0.1) is 17.1 Å². The lowest BCUT2D eigenvalue weighted by atomic mass is 9.90. The van der Waals surface area contributed by atoms with Crippen molar-refractivity contribution in [3.8, 4) is 11.3 Å². The third-order valence-electron chi connectivity index (χ3n) is 5.64. The highest BCUT2D eigenvalue weighted by molar-refractivity contribution is 7.89. The molecule has 0 bridgehead atoms. The van der Waals surface area contributed by atoms with Crippen LogP contribution in [-0.2, 0) is 32.5 Å². The van der Waals surface area contributed by atoms with E-state index in [1.807, 2.05) is 5.38 Å². The molecule has 1 heterocycles. The molecule has 2 aromatic carbocycles. The largest absolute Gasteiger partial charge is 0.326 e. The summed E-state index contributed by atoms with van der Waals surface area (Å²) in [5.74, 6) is -0.728. The summed E-state index contributed by atoms with van der Waals surface area (Å²) < 4.78 is 26.6. The molecule has 8 nitrogen and oxygen atoms in total. The monoisotopic (exact) mass is 498 g/mol. The minimum absolute atomic E-state index is 0.0286. The van der Waals surface area contributed by atoms with Crippen LogP contribution >= 0.6 is 11.3 Å². The number of carbonyl (C=O) groups is 2. The molecule has 0 saturated carbocycles. The molecule has 0 radical (unpaired) electrons. The maximum atomic E-state index is 12.8. The first-order valence-corrected chi connectivity index (χ1v) is 13.3. The number of carbonyl (C=O) groups excluding carboxylic acids is 2. The van der Waals surface area contributed by atoms with E-state index in [0.717, 1.165) is 28.4 Å². The van der Waals surface area contributed by atoms with Gasteiger partial charge in [-0.25, -0.2) is 13.4 Å². The van der Waals surface area contributed by atoms with Crippen molar-refractivity contribution in [3.05, 3.63) is 59.0 Å². The van der Waals surface area contributed by atoms with Crippen molar-refractivity contribution in [2.75, 3.05) is 24.2 Å². The number of aryl methyl sites for hydroxylation is 2. The van der Waals surface area contributed by atoms with Gasteiger partial charge in [-0.3, -0.25) is 9.59 Å². The first-order chi connectivity index (χ1) is 16.2. The minimum Gasteiger partial charge on any atom is -0.326 e. The van der Waals surface area contributed by atoms with Crippen molar-refractivity contribution in [2.45, 2.75) is 37.5 Å². The van der Waals surface area contributed by atoms with E-state index in [1.165, 1.54) is 73.5 Å². The van der Waals surface area contributed by atoms with Crippen LogP contribution in [0.3, 0.4) is 0 Å². The Balaban J connectivity index is 1.39. The Morgan fingerprint density at radius 2 is 1.74 bits per heavy atom. The maximum absolute atomic E-state index is 12.8. The van der Waals surface area contributed by atoms with Gasteiger partial charge >= 0.3 is 0 Å². The number of likely N-dealkylation sites (N-methyl/N-ethyl adjacent to an activating group) is 1. The predicted octanol–water partition coefficient (Wildman–Crippen LogP) is 3.91. The molecule has 3 aromatic rings. The van der Waals surface area contributed by atoms with Crippen LogP contribution in [-0.4, -0.2) is 43.1 Å². The summed E-state index contributed by atoms with van der Waals surface area (Å²) in [6, 6.07) is 12.2. The lowest BCUT2D eigenvalue weighted by Gasteiger charge is -2.17. The molecule has 1 aliphatic carbocycles. The van der Waals surface area contributed by atoms with E-state index in [-0.39, 0.29) is 17.3 Å². The minimum atomic E-state index is -3.88. The number of aromatic nitrogens is 1. The van der Waals surface area contributed by atoms with Gasteiger partial charge in [-0.2, -0.15) is 4.31 Å². The molecule has 0 aliphatic heterocycles. The van der Waals surface area contributed by atoms with E-state index < -0.39 is 15.9 Å². The zero-order valence-electron chi connectivity index (χ0n) is 19.0. The van der Waals surface area contributed by atoms with Crippen molar-refractivity contribution in [1.82, 2.24) is 9.29 Å². The summed E-state index contributed by atoms with van der Waals surface area (Å²) in [5, 5.41) is 7.58. The van der Waals surface area contributed by atoms with Gasteiger partial charge < -0.3 is 10.6 Å². The van der Waals surface area contributed by atoms with Crippen molar-refractivity contribution < 1.29 is 18.0 Å². The summed E-state index contributed by atoms with van der Waals surface area (Å²) in [7, 11) is -2.53. The van der Waals surface area contributed by atoms with Crippen molar-refractivity contribution in [2.24, 2.45) is 0 Å². The Bertz CT molecular complexity index is 1320. The van der Waals surface area contributed by atoms with E-state index in [0.29, 0.717) is 10.8 Å². The molecule has 0 atom stereocenters. The highest BCUT2D eigenvalue weighted by Crippen LogP contribution is 2.29. The molecule has 4 rings (SSSR count). The lowest BCUT2D eigenvalue weighted by Crippen LogP contribution is -2.34. The van der Waals surface area contributed by atoms with Crippen LogP contribution in [0.1, 0.15) is 30.9 Å². The van der Waals surface area contributed by atoms with Crippen molar-refractivity contribution >= 4 is 44.0 Å². The summed E-state index contributed by atoms with van der Waals surface area (Å²) >= 11 is 1.30. The van der Waals surface area contributed by atoms with Crippen LogP contribution in [0, 0.1) is 0 Å². The van der Waals surface area contributed by atoms with Gasteiger partial charge in [-0.1, -0.05) is 12.1 Å². The normalized spacial score (nSPS) is 13.4. The second-order valence-corrected chi connectivity index (χ2v) is 11.1. The standard InChI is InChI=1S/C24H26N4O4S2/c1-16(29)25-20-9-11-21(12-10-20)34(31,32)28(2)14-23(30)27-24-26-22(15-33-24)19-8-7-17-5-3-4-6-18(17)13-19/h7-13,15H,3-6,14H2,1-2H3,(H,25,29)(H,26,27,30). The van der Waals surface area contributed by atoms with Gasteiger partial charge in [0.1, 0.15) is 0 Å². The van der Waals surface area contributed by atoms with Crippen LogP contribution in [0.25, 0.3) is 11.3 Å². The molecule has 0 saturated heterocycles. The van der Waals surface area contributed by atoms with Crippen LogP contribution < -0.4 is 10.6 Å². The Morgan fingerprint density at radius 1 is 1.03 bits per heavy atom. The van der Waals surface area contributed by atoms with E-state index in [9.17, 15) is 18.0 Å². The highest BCUT2D eigenvalue weighted by atomic mass is 32.2. The summed E-state index contributed by atoms with van der Waals surface area (Å²) in [6.07, 6.45) is 4.62. The van der Waals surface area contributed by atoms with Crippen LogP contribution in [0.5, 0.6) is 0 Å². The van der Waals surface area contributed by atoms with Gasteiger partial charge in [0.25, 0.3) is 0 Å². The first-order valence-electron chi connectivity index (χ1n) is 10.9. The fraction of sp³-hybridized carbons (Fsp3) is 0.292. The third kappa shape index (κ3) is 5.52. The number of hydrogen-bond acceptors (Lipinski definition) is 6. The average Bonchev–Trinajstić information content (AvgIpc) is 3.27. The van der Waals surface area contributed by atoms with E-state index in [1.54, 1.807) is 0 Å². The van der Waals surface area contributed by atoms with Gasteiger partial charge in [0.2, 0.25) is 21.8 Å². The second kappa shape index (κ2) is 10.0.